The zero-order valence-electron chi connectivity index (χ0n) is 20.9. The Hall–Kier alpha value is -3.42. The van der Waals surface area contributed by atoms with Crippen LogP contribution < -0.4 is 4.90 Å². The van der Waals surface area contributed by atoms with Crippen LogP contribution in [0.25, 0.3) is 0 Å². The minimum atomic E-state index is -2.69. The van der Waals surface area contributed by atoms with Crippen LogP contribution in [0.1, 0.15) is 44.7 Å². The average Bonchev–Trinajstić information content (AvgIpc) is 3.34. The third-order valence-electron chi connectivity index (χ3n) is 6.29. The third kappa shape index (κ3) is 6.04. The molecule has 1 fully saturated rings. The van der Waals surface area contributed by atoms with E-state index >= 15 is 4.39 Å². The summed E-state index contributed by atoms with van der Waals surface area (Å²) >= 11 is 0. The number of alkyl halides is 2. The topological polar surface area (TPSA) is 31.2 Å². The molecular formula is C28H32F4N4. The van der Waals surface area contributed by atoms with Crippen molar-refractivity contribution < 1.29 is 17.6 Å². The molecule has 0 atom stereocenters. The number of hydrogen-bond donors (Lipinski definition) is 0. The molecule has 4 nitrogen and oxygen atoms in total. The summed E-state index contributed by atoms with van der Waals surface area (Å²) in [6, 6.07) is 10.6. The van der Waals surface area contributed by atoms with Crippen molar-refractivity contribution in [2.24, 2.45) is 16.1 Å². The molecule has 2 aromatic rings. The molecule has 2 aromatic carbocycles. The highest BCUT2D eigenvalue weighted by molar-refractivity contribution is 6.15. The Balaban J connectivity index is 0.00000176. The highest BCUT2D eigenvalue weighted by Gasteiger charge is 2.32. The lowest BCUT2D eigenvalue weighted by molar-refractivity contribution is 0.164. The van der Waals surface area contributed by atoms with E-state index in [1.54, 1.807) is 24.3 Å². The molecule has 0 spiro atoms. The fourth-order valence-corrected chi connectivity index (χ4v) is 4.07. The Bertz CT molecular complexity index is 1170. The van der Waals surface area contributed by atoms with E-state index in [0.717, 1.165) is 30.9 Å². The van der Waals surface area contributed by atoms with Crippen LogP contribution in [0, 0.1) is 17.6 Å². The summed E-state index contributed by atoms with van der Waals surface area (Å²) in [7, 11) is 0. The minimum absolute atomic E-state index is 0.107. The van der Waals surface area contributed by atoms with Crippen LogP contribution in [0.3, 0.4) is 0 Å². The maximum Gasteiger partial charge on any atom is 0.278 e. The van der Waals surface area contributed by atoms with E-state index in [-0.39, 0.29) is 24.6 Å². The summed E-state index contributed by atoms with van der Waals surface area (Å²) in [5.74, 6) is -0.768. The molecule has 0 saturated carbocycles. The van der Waals surface area contributed by atoms with Crippen LogP contribution in [0.2, 0.25) is 0 Å². The summed E-state index contributed by atoms with van der Waals surface area (Å²) in [6.45, 7) is 16.0. The lowest BCUT2D eigenvalue weighted by Crippen LogP contribution is -2.49. The quantitative estimate of drug-likeness (QED) is 0.342. The molecule has 0 unspecified atom stereocenters. The molecule has 0 N–H and O–H groups in total. The van der Waals surface area contributed by atoms with E-state index in [0.29, 0.717) is 22.5 Å². The number of benzene rings is 2. The Labute approximate surface area is 210 Å². The molecular weight excluding hydrogens is 468 g/mol. The molecule has 0 aliphatic carbocycles. The van der Waals surface area contributed by atoms with E-state index in [4.69, 9.17) is 0 Å². The minimum Gasteiger partial charge on any atom is -0.374 e. The van der Waals surface area contributed by atoms with Crippen molar-refractivity contribution in [3.8, 4) is 0 Å². The molecule has 2 aliphatic rings. The van der Waals surface area contributed by atoms with Gasteiger partial charge in [-0.25, -0.2) is 17.6 Å². The van der Waals surface area contributed by atoms with Crippen LogP contribution in [-0.4, -0.2) is 35.8 Å². The Morgan fingerprint density at radius 2 is 1.81 bits per heavy atom. The predicted molar refractivity (Wildman–Crippen MR) is 139 cm³/mol. The van der Waals surface area contributed by atoms with Crippen LogP contribution >= 0.6 is 0 Å². The summed E-state index contributed by atoms with van der Waals surface area (Å²) in [6.07, 6.45) is -1.93. The molecule has 1 saturated heterocycles. The van der Waals surface area contributed by atoms with Crippen LogP contribution in [0.15, 0.2) is 77.2 Å². The number of allylic oxidation sites excluding steroid dienone is 1. The largest absolute Gasteiger partial charge is 0.374 e. The second kappa shape index (κ2) is 12.0. The molecule has 36 heavy (non-hydrogen) atoms. The zero-order chi connectivity index (χ0) is 26.4. The smallest absolute Gasteiger partial charge is 0.278 e. The van der Waals surface area contributed by atoms with Crippen molar-refractivity contribution in [1.29, 1.82) is 0 Å². The van der Waals surface area contributed by atoms with Crippen LogP contribution in [0.5, 0.6) is 0 Å². The van der Waals surface area contributed by atoms with Crippen molar-refractivity contribution in [2.45, 2.75) is 46.6 Å². The van der Waals surface area contributed by atoms with Crippen LogP contribution in [-0.2, 0) is 6.54 Å². The maximum atomic E-state index is 15.1. The van der Waals surface area contributed by atoms with Crippen LogP contribution in [0.4, 0.5) is 23.2 Å². The average molecular weight is 501 g/mol. The fraction of sp³-hybridized carbons (Fsp3) is 0.357. The normalized spacial score (nSPS) is 15.1. The van der Waals surface area contributed by atoms with E-state index in [1.165, 1.54) is 18.2 Å². The lowest BCUT2D eigenvalue weighted by Gasteiger charge is -2.45. The Morgan fingerprint density at radius 3 is 2.39 bits per heavy atom. The van der Waals surface area contributed by atoms with Gasteiger partial charge in [0.05, 0.1) is 12.3 Å². The van der Waals surface area contributed by atoms with Crippen molar-refractivity contribution in [3.63, 3.8) is 0 Å². The summed E-state index contributed by atoms with van der Waals surface area (Å²) in [5, 5.41) is 7.27. The zero-order valence-corrected chi connectivity index (χ0v) is 20.9. The summed E-state index contributed by atoms with van der Waals surface area (Å²) < 4.78 is 54.8. The molecule has 2 heterocycles. The van der Waals surface area contributed by atoms with Crippen molar-refractivity contribution >= 4 is 17.1 Å². The molecule has 4 rings (SSSR count). The molecule has 0 aromatic heterocycles. The number of nitrogens with zero attached hydrogens (tertiary/aromatic N) is 4. The van der Waals surface area contributed by atoms with Gasteiger partial charge in [-0.3, -0.25) is 0 Å². The number of likely N-dealkylation sites (tertiary alicyclic amines) is 1. The van der Waals surface area contributed by atoms with Gasteiger partial charge in [-0.15, -0.1) is 0 Å². The predicted octanol–water partition coefficient (Wildman–Crippen LogP) is 7.18. The van der Waals surface area contributed by atoms with Gasteiger partial charge >= 0.3 is 0 Å². The Kier molecular flexibility index (Phi) is 9.07. The van der Waals surface area contributed by atoms with Crippen molar-refractivity contribution in [3.05, 3.63) is 89.8 Å². The first-order valence-corrected chi connectivity index (χ1v) is 12.1. The van der Waals surface area contributed by atoms with E-state index < -0.39 is 18.1 Å². The first kappa shape index (κ1) is 27.2. The van der Waals surface area contributed by atoms with Gasteiger partial charge in [-0.05, 0) is 30.7 Å². The number of halogens is 4. The standard InChI is InChI=1S/C26H26F4N4.C2H6/c1-4-16(2)33-13-20(14-33)17(3)34(22-7-5-6-21(27)11-22)15-19-9-8-18(10-23(19)28)24-12-25(26(29)30)32-31-24;1-2/h5-11,20,26H,2-4,12-15H2,1H3;1-2H3. The van der Waals surface area contributed by atoms with Gasteiger partial charge in [0.1, 0.15) is 17.3 Å². The maximum absolute atomic E-state index is 15.1. The monoisotopic (exact) mass is 500 g/mol. The SMILES string of the molecule is C=C(CC)N1CC(C(=C)N(Cc2ccc(C3=NN=C(C(F)F)C3)cc2F)c2cccc(F)c2)C1.CC. The van der Waals surface area contributed by atoms with Gasteiger partial charge in [0, 0.05) is 53.6 Å². The number of anilines is 1. The molecule has 0 radical (unpaired) electrons. The Morgan fingerprint density at radius 1 is 1.08 bits per heavy atom. The molecule has 192 valence electrons. The van der Waals surface area contributed by atoms with E-state index in [9.17, 15) is 13.2 Å². The van der Waals surface area contributed by atoms with Crippen molar-refractivity contribution in [2.75, 3.05) is 18.0 Å². The molecule has 8 heteroatoms. The number of rotatable bonds is 9. The van der Waals surface area contributed by atoms with E-state index in [2.05, 4.69) is 28.3 Å². The number of hydrogen-bond acceptors (Lipinski definition) is 4. The highest BCUT2D eigenvalue weighted by Crippen LogP contribution is 2.33. The summed E-state index contributed by atoms with van der Waals surface area (Å²) in [4.78, 5) is 4.00. The molecule has 2 aliphatic heterocycles. The van der Waals surface area contributed by atoms with Crippen molar-refractivity contribution in [1.82, 2.24) is 4.90 Å². The molecule has 0 bridgehead atoms. The van der Waals surface area contributed by atoms with Gasteiger partial charge in [-0.2, -0.15) is 10.2 Å². The highest BCUT2D eigenvalue weighted by atomic mass is 19.3. The first-order valence-electron chi connectivity index (χ1n) is 12.1. The molecule has 0 amide bonds. The summed E-state index contributed by atoms with van der Waals surface area (Å²) in [5.41, 5.74) is 3.16. The van der Waals surface area contributed by atoms with Gasteiger partial charge in [0.25, 0.3) is 6.43 Å². The van der Waals surface area contributed by atoms with Gasteiger partial charge in [0.2, 0.25) is 0 Å². The van der Waals surface area contributed by atoms with Gasteiger partial charge < -0.3 is 9.80 Å². The lowest BCUT2D eigenvalue weighted by atomic mass is 9.94. The first-order chi connectivity index (χ1) is 17.3. The van der Waals surface area contributed by atoms with Gasteiger partial charge in [-0.1, -0.05) is 52.1 Å². The van der Waals surface area contributed by atoms with E-state index in [1.807, 2.05) is 25.7 Å². The second-order valence-electron chi connectivity index (χ2n) is 8.50. The third-order valence-corrected chi connectivity index (χ3v) is 6.29. The fourth-order valence-electron chi connectivity index (χ4n) is 4.07. The van der Waals surface area contributed by atoms with Gasteiger partial charge in [0.15, 0.2) is 0 Å². The second-order valence-corrected chi connectivity index (χ2v) is 8.50.